The number of benzene rings is 1. The van der Waals surface area contributed by atoms with E-state index in [1.165, 1.54) is 11.1 Å². The average molecular weight is 275 g/mol. The van der Waals surface area contributed by atoms with Gasteiger partial charge in [-0.05, 0) is 24.3 Å². The highest BCUT2D eigenvalue weighted by Gasteiger charge is 2.21. The van der Waals surface area contributed by atoms with E-state index in [2.05, 4.69) is 58.9 Å². The molecule has 0 unspecified atom stereocenters. The van der Waals surface area contributed by atoms with Crippen LogP contribution in [0.2, 0.25) is 0 Å². The Labute approximate surface area is 124 Å². The van der Waals surface area contributed by atoms with Crippen LogP contribution < -0.4 is 0 Å². The summed E-state index contributed by atoms with van der Waals surface area (Å²) in [7, 11) is 0. The zero-order valence-corrected chi connectivity index (χ0v) is 13.7. The summed E-state index contributed by atoms with van der Waals surface area (Å²) in [6, 6.07) is 8.44. The molecule has 0 heterocycles. The molecule has 112 valence electrons. The fourth-order valence-corrected chi connectivity index (χ4v) is 2.24. The Morgan fingerprint density at radius 3 is 2.50 bits per heavy atom. The van der Waals surface area contributed by atoms with E-state index in [4.69, 9.17) is 0 Å². The second kappa shape index (κ2) is 7.47. The summed E-state index contributed by atoms with van der Waals surface area (Å²) in [6.07, 6.45) is 2.80. The normalized spacial score (nSPS) is 11.4. The third-order valence-corrected chi connectivity index (χ3v) is 3.27. The lowest BCUT2D eigenvalue weighted by Crippen LogP contribution is -2.34. The lowest BCUT2D eigenvalue weighted by Gasteiger charge is -2.27. The fourth-order valence-electron chi connectivity index (χ4n) is 2.24. The molecule has 0 N–H and O–H groups in total. The van der Waals surface area contributed by atoms with Crippen molar-refractivity contribution in [3.8, 4) is 0 Å². The van der Waals surface area contributed by atoms with E-state index in [0.29, 0.717) is 6.42 Å². The highest BCUT2D eigenvalue weighted by Crippen LogP contribution is 2.21. The predicted octanol–water partition coefficient (Wildman–Crippen LogP) is 4.56. The van der Waals surface area contributed by atoms with E-state index in [-0.39, 0.29) is 11.3 Å². The second-order valence-corrected chi connectivity index (χ2v) is 6.90. The van der Waals surface area contributed by atoms with E-state index in [0.717, 1.165) is 25.9 Å². The zero-order chi connectivity index (χ0) is 15.2. The monoisotopic (exact) mass is 275 g/mol. The van der Waals surface area contributed by atoms with Crippen molar-refractivity contribution in [2.24, 2.45) is 5.41 Å². The molecule has 2 heteroatoms. The van der Waals surface area contributed by atoms with Crippen LogP contribution in [0.4, 0.5) is 0 Å². The fraction of sp³-hybridized carbons (Fsp3) is 0.611. The summed E-state index contributed by atoms with van der Waals surface area (Å²) in [5, 5.41) is 0. The molecular formula is C18H29NO. The summed E-state index contributed by atoms with van der Waals surface area (Å²) < 4.78 is 0. The van der Waals surface area contributed by atoms with Crippen LogP contribution in [0.15, 0.2) is 24.3 Å². The first-order chi connectivity index (χ1) is 9.31. The molecule has 0 saturated heterocycles. The molecular weight excluding hydrogens is 246 g/mol. The maximum atomic E-state index is 12.5. The van der Waals surface area contributed by atoms with Gasteiger partial charge in [0, 0.05) is 19.5 Å². The van der Waals surface area contributed by atoms with Crippen LogP contribution in [-0.4, -0.2) is 17.4 Å². The van der Waals surface area contributed by atoms with Gasteiger partial charge < -0.3 is 4.90 Å². The molecule has 1 amide bonds. The van der Waals surface area contributed by atoms with Gasteiger partial charge in [-0.1, -0.05) is 63.9 Å². The zero-order valence-electron chi connectivity index (χ0n) is 13.7. The molecule has 1 aromatic rings. The Bertz CT molecular complexity index is 431. The number of hydrogen-bond donors (Lipinski definition) is 0. The van der Waals surface area contributed by atoms with Crippen molar-refractivity contribution in [2.75, 3.05) is 6.54 Å². The number of rotatable bonds is 6. The molecule has 0 bridgehead atoms. The first-order valence-corrected chi connectivity index (χ1v) is 7.65. The number of hydrogen-bond acceptors (Lipinski definition) is 1. The van der Waals surface area contributed by atoms with E-state index in [1.54, 1.807) is 0 Å². The maximum Gasteiger partial charge on any atom is 0.223 e. The van der Waals surface area contributed by atoms with Crippen molar-refractivity contribution in [3.63, 3.8) is 0 Å². The summed E-state index contributed by atoms with van der Waals surface area (Å²) in [4.78, 5) is 14.5. The summed E-state index contributed by atoms with van der Waals surface area (Å²) in [5.41, 5.74) is 2.53. The summed E-state index contributed by atoms with van der Waals surface area (Å²) in [6.45, 7) is 12.2. The van der Waals surface area contributed by atoms with Crippen molar-refractivity contribution in [1.29, 1.82) is 0 Å². The van der Waals surface area contributed by atoms with Gasteiger partial charge in [-0.2, -0.15) is 0 Å². The molecule has 1 rings (SSSR count). The number of amides is 1. The smallest absolute Gasteiger partial charge is 0.223 e. The van der Waals surface area contributed by atoms with Crippen molar-refractivity contribution in [2.45, 2.75) is 60.4 Å². The van der Waals surface area contributed by atoms with Crippen LogP contribution in [0.1, 0.15) is 58.1 Å². The maximum absolute atomic E-state index is 12.5. The SMILES string of the molecule is CCCCN(Cc1cccc(C)c1)C(=O)CC(C)(C)C. The first-order valence-electron chi connectivity index (χ1n) is 7.65. The van der Waals surface area contributed by atoms with E-state index in [1.807, 2.05) is 4.90 Å². The molecule has 2 nitrogen and oxygen atoms in total. The standard InChI is InChI=1S/C18H29NO/c1-6-7-11-19(17(20)13-18(3,4)5)14-16-10-8-9-15(2)12-16/h8-10,12H,6-7,11,13-14H2,1-5H3. The molecule has 0 atom stereocenters. The van der Waals surface area contributed by atoms with E-state index in [9.17, 15) is 4.79 Å². The lowest BCUT2D eigenvalue weighted by molar-refractivity contribution is -0.133. The van der Waals surface area contributed by atoms with Gasteiger partial charge in [-0.25, -0.2) is 0 Å². The van der Waals surface area contributed by atoms with Gasteiger partial charge in [0.25, 0.3) is 0 Å². The van der Waals surface area contributed by atoms with Crippen molar-refractivity contribution < 1.29 is 4.79 Å². The highest BCUT2D eigenvalue weighted by molar-refractivity contribution is 5.76. The van der Waals surface area contributed by atoms with Gasteiger partial charge >= 0.3 is 0 Å². The predicted molar refractivity (Wildman–Crippen MR) is 85.6 cm³/mol. The Balaban J connectivity index is 2.75. The number of carbonyl (C=O) groups is 1. The first kappa shape index (κ1) is 16.7. The Morgan fingerprint density at radius 1 is 1.25 bits per heavy atom. The molecule has 1 aromatic carbocycles. The van der Waals surface area contributed by atoms with Crippen molar-refractivity contribution in [3.05, 3.63) is 35.4 Å². The Kier molecular flexibility index (Phi) is 6.25. The average Bonchev–Trinajstić information content (AvgIpc) is 2.32. The Morgan fingerprint density at radius 2 is 1.95 bits per heavy atom. The van der Waals surface area contributed by atoms with Crippen LogP contribution in [0.3, 0.4) is 0 Å². The number of carbonyl (C=O) groups excluding carboxylic acids is 1. The van der Waals surface area contributed by atoms with Crippen LogP contribution in [-0.2, 0) is 11.3 Å². The van der Waals surface area contributed by atoms with Gasteiger partial charge in [0.15, 0.2) is 0 Å². The molecule has 0 aromatic heterocycles. The molecule has 0 saturated carbocycles. The lowest BCUT2D eigenvalue weighted by atomic mass is 9.91. The summed E-state index contributed by atoms with van der Waals surface area (Å²) in [5.74, 6) is 0.271. The van der Waals surface area contributed by atoms with Gasteiger partial charge in [0.2, 0.25) is 5.91 Å². The highest BCUT2D eigenvalue weighted by atomic mass is 16.2. The molecule has 20 heavy (non-hydrogen) atoms. The van der Waals surface area contributed by atoms with Crippen LogP contribution in [0, 0.1) is 12.3 Å². The number of nitrogens with zero attached hydrogens (tertiary/aromatic N) is 1. The number of aryl methyl sites for hydroxylation is 1. The van der Waals surface area contributed by atoms with Crippen molar-refractivity contribution >= 4 is 5.91 Å². The molecule has 0 aliphatic carbocycles. The number of unbranched alkanes of at least 4 members (excludes halogenated alkanes) is 1. The van der Waals surface area contributed by atoms with E-state index >= 15 is 0 Å². The van der Waals surface area contributed by atoms with Crippen LogP contribution in [0.25, 0.3) is 0 Å². The van der Waals surface area contributed by atoms with Crippen LogP contribution in [0.5, 0.6) is 0 Å². The van der Waals surface area contributed by atoms with E-state index < -0.39 is 0 Å². The second-order valence-electron chi connectivity index (χ2n) is 6.90. The molecule has 0 fully saturated rings. The summed E-state index contributed by atoms with van der Waals surface area (Å²) >= 11 is 0. The third kappa shape index (κ3) is 6.23. The van der Waals surface area contributed by atoms with Crippen molar-refractivity contribution in [1.82, 2.24) is 4.90 Å². The molecule has 0 spiro atoms. The molecule has 0 aliphatic rings. The van der Waals surface area contributed by atoms with Crippen LogP contribution >= 0.6 is 0 Å². The minimum atomic E-state index is 0.0498. The minimum Gasteiger partial charge on any atom is -0.338 e. The van der Waals surface area contributed by atoms with Gasteiger partial charge in [0.1, 0.15) is 0 Å². The minimum absolute atomic E-state index is 0.0498. The largest absolute Gasteiger partial charge is 0.338 e. The molecule has 0 aliphatic heterocycles. The van der Waals surface area contributed by atoms with Gasteiger partial charge in [0.05, 0.1) is 0 Å². The Hall–Kier alpha value is -1.31. The van der Waals surface area contributed by atoms with Gasteiger partial charge in [-0.3, -0.25) is 4.79 Å². The quantitative estimate of drug-likeness (QED) is 0.745. The van der Waals surface area contributed by atoms with Gasteiger partial charge in [-0.15, -0.1) is 0 Å². The topological polar surface area (TPSA) is 20.3 Å². The third-order valence-electron chi connectivity index (χ3n) is 3.27. The molecule has 0 radical (unpaired) electrons.